The molecule has 0 bridgehead atoms. The van der Waals surface area contributed by atoms with E-state index in [9.17, 15) is 4.39 Å². The molecular formula is C14H20ClFN2. The van der Waals surface area contributed by atoms with Crippen molar-refractivity contribution in [2.24, 2.45) is 0 Å². The zero-order chi connectivity index (χ0) is 13.3. The van der Waals surface area contributed by atoms with Crippen molar-refractivity contribution in [1.82, 2.24) is 5.32 Å². The van der Waals surface area contributed by atoms with Gasteiger partial charge in [0.2, 0.25) is 0 Å². The fourth-order valence-corrected chi connectivity index (χ4v) is 2.66. The summed E-state index contributed by atoms with van der Waals surface area (Å²) in [6, 6.07) is 5.10. The average Bonchev–Trinajstić information content (AvgIpc) is 2.34. The van der Waals surface area contributed by atoms with E-state index >= 15 is 0 Å². The molecule has 1 aliphatic heterocycles. The topological polar surface area (TPSA) is 15.3 Å². The smallest absolute Gasteiger partial charge is 0.148 e. The Kier molecular flexibility index (Phi) is 3.83. The number of hydrogen-bond donors (Lipinski definition) is 1. The summed E-state index contributed by atoms with van der Waals surface area (Å²) in [5, 5.41) is 4.01. The van der Waals surface area contributed by atoms with Crippen molar-refractivity contribution >= 4 is 17.3 Å². The molecule has 1 saturated heterocycles. The summed E-state index contributed by atoms with van der Waals surface area (Å²) in [7, 11) is 0. The lowest BCUT2D eigenvalue weighted by atomic mass is 9.93. The van der Waals surface area contributed by atoms with Gasteiger partial charge in [-0.25, -0.2) is 4.39 Å². The van der Waals surface area contributed by atoms with Gasteiger partial charge in [-0.2, -0.15) is 0 Å². The van der Waals surface area contributed by atoms with Gasteiger partial charge in [-0.1, -0.05) is 24.6 Å². The van der Waals surface area contributed by atoms with E-state index in [1.165, 1.54) is 6.07 Å². The molecule has 0 saturated carbocycles. The number of hydrogen-bond acceptors (Lipinski definition) is 2. The largest absolute Gasteiger partial charge is 0.362 e. The van der Waals surface area contributed by atoms with Crippen molar-refractivity contribution < 1.29 is 4.39 Å². The molecule has 1 aromatic rings. The van der Waals surface area contributed by atoms with Crippen molar-refractivity contribution in [3.05, 3.63) is 29.0 Å². The van der Waals surface area contributed by atoms with Gasteiger partial charge in [-0.15, -0.1) is 0 Å². The van der Waals surface area contributed by atoms with Gasteiger partial charge < -0.3 is 10.2 Å². The van der Waals surface area contributed by atoms with E-state index < -0.39 is 0 Å². The van der Waals surface area contributed by atoms with Crippen molar-refractivity contribution in [2.75, 3.05) is 18.0 Å². The molecule has 0 aromatic heterocycles. The number of nitrogens with zero attached hydrogens (tertiary/aromatic N) is 1. The Morgan fingerprint density at radius 2 is 2.28 bits per heavy atom. The lowest BCUT2D eigenvalue weighted by molar-refractivity contribution is 0.284. The van der Waals surface area contributed by atoms with Gasteiger partial charge in [0.05, 0.1) is 10.7 Å². The number of anilines is 1. The summed E-state index contributed by atoms with van der Waals surface area (Å²) in [6.07, 6.45) is 1.00. The number of benzene rings is 1. The van der Waals surface area contributed by atoms with Gasteiger partial charge >= 0.3 is 0 Å². The molecule has 2 nitrogen and oxygen atoms in total. The third-order valence-corrected chi connectivity index (χ3v) is 4.19. The zero-order valence-corrected chi connectivity index (χ0v) is 11.9. The Balaban J connectivity index is 2.36. The number of para-hydroxylation sites is 1. The first-order chi connectivity index (χ1) is 8.47. The second kappa shape index (κ2) is 5.06. The number of piperazine rings is 1. The lowest BCUT2D eigenvalue weighted by Crippen LogP contribution is -2.62. The van der Waals surface area contributed by atoms with Crippen molar-refractivity contribution in [3.8, 4) is 0 Å². The van der Waals surface area contributed by atoms with E-state index in [1.54, 1.807) is 12.1 Å². The minimum absolute atomic E-state index is 0.0120. The molecule has 0 amide bonds. The Hall–Kier alpha value is -0.800. The predicted molar refractivity (Wildman–Crippen MR) is 74.9 cm³/mol. The van der Waals surface area contributed by atoms with Gasteiger partial charge in [0.15, 0.2) is 0 Å². The zero-order valence-electron chi connectivity index (χ0n) is 11.1. The Bertz CT molecular complexity index is 418. The van der Waals surface area contributed by atoms with E-state index in [-0.39, 0.29) is 17.4 Å². The van der Waals surface area contributed by atoms with Crippen LogP contribution in [-0.4, -0.2) is 24.7 Å². The van der Waals surface area contributed by atoms with Gasteiger partial charge in [-0.05, 0) is 32.4 Å². The molecule has 1 fully saturated rings. The van der Waals surface area contributed by atoms with Crippen molar-refractivity contribution in [3.63, 3.8) is 0 Å². The molecule has 0 spiro atoms. The molecule has 2 unspecified atom stereocenters. The maximum absolute atomic E-state index is 14.0. The van der Waals surface area contributed by atoms with Gasteiger partial charge in [0.1, 0.15) is 5.82 Å². The highest BCUT2D eigenvalue weighted by atomic mass is 35.5. The number of nitrogens with one attached hydrogen (secondary N) is 1. The molecule has 100 valence electrons. The molecule has 2 rings (SSSR count). The van der Waals surface area contributed by atoms with Crippen LogP contribution >= 0.6 is 11.6 Å². The van der Waals surface area contributed by atoms with Crippen molar-refractivity contribution in [1.29, 1.82) is 0 Å². The van der Waals surface area contributed by atoms with E-state index in [0.717, 1.165) is 19.5 Å². The first-order valence-corrected chi connectivity index (χ1v) is 6.80. The second-order valence-electron chi connectivity index (χ2n) is 5.34. The van der Waals surface area contributed by atoms with Gasteiger partial charge in [0.25, 0.3) is 0 Å². The van der Waals surface area contributed by atoms with Crippen LogP contribution < -0.4 is 10.2 Å². The lowest BCUT2D eigenvalue weighted by Gasteiger charge is -2.46. The van der Waals surface area contributed by atoms with Crippen LogP contribution in [0.5, 0.6) is 0 Å². The molecule has 1 aromatic carbocycles. The summed E-state index contributed by atoms with van der Waals surface area (Å²) in [4.78, 5) is 2.08. The Morgan fingerprint density at radius 3 is 2.89 bits per heavy atom. The third kappa shape index (κ3) is 2.47. The highest BCUT2D eigenvalue weighted by Crippen LogP contribution is 2.33. The fourth-order valence-electron chi connectivity index (χ4n) is 2.39. The first-order valence-electron chi connectivity index (χ1n) is 6.42. The number of halogens is 2. The SMILES string of the molecule is CCC1(C)CN(c2c(F)cccc2Cl)C(C)CN1. The van der Waals surface area contributed by atoms with Crippen LogP contribution in [0.3, 0.4) is 0 Å². The first kappa shape index (κ1) is 13.6. The maximum Gasteiger partial charge on any atom is 0.148 e. The highest BCUT2D eigenvalue weighted by molar-refractivity contribution is 6.33. The quantitative estimate of drug-likeness (QED) is 0.886. The molecule has 2 atom stereocenters. The van der Waals surface area contributed by atoms with Crippen molar-refractivity contribution in [2.45, 2.75) is 38.8 Å². The molecule has 0 radical (unpaired) electrons. The Morgan fingerprint density at radius 1 is 1.56 bits per heavy atom. The highest BCUT2D eigenvalue weighted by Gasteiger charge is 2.34. The molecule has 1 aliphatic rings. The van der Waals surface area contributed by atoms with E-state index in [1.807, 2.05) is 0 Å². The average molecular weight is 271 g/mol. The summed E-state index contributed by atoms with van der Waals surface area (Å²) < 4.78 is 14.0. The van der Waals surface area contributed by atoms with Crippen LogP contribution in [-0.2, 0) is 0 Å². The molecule has 4 heteroatoms. The third-order valence-electron chi connectivity index (χ3n) is 3.88. The van der Waals surface area contributed by atoms with E-state index in [2.05, 4.69) is 31.0 Å². The Labute approximate surface area is 113 Å². The summed E-state index contributed by atoms with van der Waals surface area (Å²) in [5.41, 5.74) is 0.547. The van der Waals surface area contributed by atoms with Crippen LogP contribution in [0.25, 0.3) is 0 Å². The second-order valence-corrected chi connectivity index (χ2v) is 5.75. The van der Waals surface area contributed by atoms with E-state index in [0.29, 0.717) is 10.7 Å². The molecule has 18 heavy (non-hydrogen) atoms. The molecule has 0 aliphatic carbocycles. The summed E-state index contributed by atoms with van der Waals surface area (Å²) in [6.45, 7) is 8.01. The summed E-state index contributed by atoms with van der Waals surface area (Å²) in [5.74, 6) is -0.241. The summed E-state index contributed by atoms with van der Waals surface area (Å²) >= 11 is 6.16. The number of rotatable bonds is 2. The molecule has 1 N–H and O–H groups in total. The predicted octanol–water partition coefficient (Wildman–Crippen LogP) is 3.45. The van der Waals surface area contributed by atoms with Crippen LogP contribution in [0.4, 0.5) is 10.1 Å². The standard InChI is InChI=1S/C14H20ClFN2/c1-4-14(3)9-18(10(2)8-17-14)13-11(15)6-5-7-12(13)16/h5-7,10,17H,4,8-9H2,1-3H3. The monoisotopic (exact) mass is 270 g/mol. The normalized spacial score (nSPS) is 28.5. The van der Waals surface area contributed by atoms with Crippen LogP contribution in [0.15, 0.2) is 18.2 Å². The van der Waals surface area contributed by atoms with Crippen LogP contribution in [0.2, 0.25) is 5.02 Å². The van der Waals surface area contributed by atoms with Gasteiger partial charge in [0, 0.05) is 24.7 Å². The fraction of sp³-hybridized carbons (Fsp3) is 0.571. The van der Waals surface area contributed by atoms with Crippen LogP contribution in [0.1, 0.15) is 27.2 Å². The molecular weight excluding hydrogens is 251 g/mol. The van der Waals surface area contributed by atoms with Gasteiger partial charge in [-0.3, -0.25) is 0 Å². The molecule has 1 heterocycles. The maximum atomic E-state index is 14.0. The van der Waals surface area contributed by atoms with E-state index in [4.69, 9.17) is 11.6 Å². The minimum Gasteiger partial charge on any atom is -0.362 e. The minimum atomic E-state index is -0.241. The van der Waals surface area contributed by atoms with Crippen LogP contribution in [0, 0.1) is 5.82 Å².